The van der Waals surface area contributed by atoms with E-state index in [0.29, 0.717) is 12.3 Å². The maximum atomic E-state index is 11.1. The number of anilines is 1. The second-order valence-corrected chi connectivity index (χ2v) is 6.53. The smallest absolute Gasteiger partial charge is 0.217 e. The zero-order valence-electron chi connectivity index (χ0n) is 11.8. The number of halogens is 1. The van der Waals surface area contributed by atoms with Gasteiger partial charge in [0.1, 0.15) is 0 Å². The number of fused-ring (bicyclic) bond motifs is 1. The lowest BCUT2D eigenvalue weighted by Gasteiger charge is -2.34. The van der Waals surface area contributed by atoms with Gasteiger partial charge in [-0.2, -0.15) is 0 Å². The molecule has 1 aliphatic rings. The fourth-order valence-corrected chi connectivity index (χ4v) is 3.47. The molecule has 3 rings (SSSR count). The monoisotopic (exact) mass is 347 g/mol. The summed E-state index contributed by atoms with van der Waals surface area (Å²) in [5.41, 5.74) is 7.52. The number of aromatic nitrogens is 1. The molecule has 1 fully saturated rings. The second kappa shape index (κ2) is 6.02. The van der Waals surface area contributed by atoms with Gasteiger partial charge in [-0.1, -0.05) is 15.9 Å². The molecule has 1 aromatic heterocycles. The van der Waals surface area contributed by atoms with Gasteiger partial charge in [-0.3, -0.25) is 9.78 Å². The number of primary amides is 1. The summed E-state index contributed by atoms with van der Waals surface area (Å²) >= 11 is 3.48. The summed E-state index contributed by atoms with van der Waals surface area (Å²) in [4.78, 5) is 17.9. The fraction of sp³-hybridized carbons (Fsp3) is 0.375. The molecule has 1 unspecified atom stereocenters. The van der Waals surface area contributed by atoms with E-state index in [2.05, 4.69) is 37.9 Å². The highest BCUT2D eigenvalue weighted by Gasteiger charge is 2.22. The van der Waals surface area contributed by atoms with Crippen LogP contribution in [0.5, 0.6) is 0 Å². The highest BCUT2D eigenvalue weighted by atomic mass is 79.9. The van der Waals surface area contributed by atoms with Crippen LogP contribution in [0.2, 0.25) is 0 Å². The van der Waals surface area contributed by atoms with Gasteiger partial charge in [0.05, 0.1) is 5.52 Å². The molecule has 0 saturated carbocycles. The largest absolute Gasteiger partial charge is 0.371 e. The first-order valence-electron chi connectivity index (χ1n) is 7.21. The Labute approximate surface area is 132 Å². The van der Waals surface area contributed by atoms with Crippen molar-refractivity contribution in [2.45, 2.75) is 19.3 Å². The Balaban J connectivity index is 1.91. The van der Waals surface area contributed by atoms with Crippen LogP contribution >= 0.6 is 15.9 Å². The van der Waals surface area contributed by atoms with Crippen molar-refractivity contribution in [2.75, 3.05) is 18.0 Å². The summed E-state index contributed by atoms with van der Waals surface area (Å²) in [7, 11) is 0. The van der Waals surface area contributed by atoms with Crippen LogP contribution in [0.3, 0.4) is 0 Å². The lowest BCUT2D eigenvalue weighted by molar-refractivity contribution is -0.118. The maximum absolute atomic E-state index is 11.1. The van der Waals surface area contributed by atoms with E-state index in [1.165, 1.54) is 5.69 Å². The predicted octanol–water partition coefficient (Wildman–Crippen LogP) is 3.09. The van der Waals surface area contributed by atoms with Gasteiger partial charge in [0.25, 0.3) is 0 Å². The minimum atomic E-state index is -0.203. The standard InChI is InChI=1S/C16H18BrN3O/c17-12-3-4-13-14(9-12)19-6-5-15(13)20-7-1-2-11(10-20)8-16(18)21/h3-6,9,11H,1-2,7-8,10H2,(H2,18,21). The molecule has 2 heterocycles. The summed E-state index contributed by atoms with van der Waals surface area (Å²) in [5, 5.41) is 1.15. The molecule has 21 heavy (non-hydrogen) atoms. The van der Waals surface area contributed by atoms with Gasteiger partial charge >= 0.3 is 0 Å². The zero-order chi connectivity index (χ0) is 14.8. The first-order chi connectivity index (χ1) is 10.1. The van der Waals surface area contributed by atoms with Crippen molar-refractivity contribution >= 4 is 38.4 Å². The van der Waals surface area contributed by atoms with Crippen molar-refractivity contribution in [1.29, 1.82) is 0 Å². The molecule has 1 aromatic carbocycles. The molecule has 4 nitrogen and oxygen atoms in total. The van der Waals surface area contributed by atoms with Crippen LogP contribution in [0, 0.1) is 5.92 Å². The van der Waals surface area contributed by atoms with Crippen LogP contribution in [-0.4, -0.2) is 24.0 Å². The summed E-state index contributed by atoms with van der Waals surface area (Å²) < 4.78 is 1.03. The van der Waals surface area contributed by atoms with Gasteiger partial charge in [-0.15, -0.1) is 0 Å². The zero-order valence-corrected chi connectivity index (χ0v) is 13.3. The molecule has 5 heteroatoms. The average molecular weight is 348 g/mol. The minimum Gasteiger partial charge on any atom is -0.371 e. The number of piperidine rings is 1. The van der Waals surface area contributed by atoms with Crippen molar-refractivity contribution in [1.82, 2.24) is 4.98 Å². The van der Waals surface area contributed by atoms with Crippen LogP contribution < -0.4 is 10.6 Å². The lowest BCUT2D eigenvalue weighted by Crippen LogP contribution is -2.37. The molecule has 0 spiro atoms. The van der Waals surface area contributed by atoms with E-state index in [4.69, 9.17) is 5.73 Å². The third kappa shape index (κ3) is 3.18. The molecule has 0 bridgehead atoms. The number of carbonyl (C=O) groups is 1. The third-order valence-corrected chi connectivity index (χ3v) is 4.52. The van der Waals surface area contributed by atoms with Gasteiger partial charge in [0, 0.05) is 41.3 Å². The molecule has 1 amide bonds. The third-order valence-electron chi connectivity index (χ3n) is 4.03. The summed E-state index contributed by atoms with van der Waals surface area (Å²) in [6, 6.07) is 8.23. The lowest BCUT2D eigenvalue weighted by atomic mass is 9.94. The van der Waals surface area contributed by atoms with Crippen molar-refractivity contribution in [2.24, 2.45) is 11.7 Å². The van der Waals surface area contributed by atoms with E-state index >= 15 is 0 Å². The molecule has 2 N–H and O–H groups in total. The van der Waals surface area contributed by atoms with Gasteiger partial charge in [-0.05, 0) is 43.0 Å². The van der Waals surface area contributed by atoms with E-state index in [-0.39, 0.29) is 5.91 Å². The molecule has 1 aliphatic heterocycles. The molecule has 0 radical (unpaired) electrons. The van der Waals surface area contributed by atoms with Gasteiger partial charge in [0.15, 0.2) is 0 Å². The number of nitrogens with zero attached hydrogens (tertiary/aromatic N) is 2. The maximum Gasteiger partial charge on any atom is 0.217 e. The second-order valence-electron chi connectivity index (χ2n) is 5.62. The topological polar surface area (TPSA) is 59.2 Å². The minimum absolute atomic E-state index is 0.203. The molecular formula is C16H18BrN3O. The SMILES string of the molecule is NC(=O)CC1CCCN(c2ccnc3cc(Br)ccc23)C1. The first kappa shape index (κ1) is 14.3. The Kier molecular flexibility index (Phi) is 4.10. The number of amides is 1. The highest BCUT2D eigenvalue weighted by Crippen LogP contribution is 2.31. The Morgan fingerprint density at radius 3 is 3.10 bits per heavy atom. The van der Waals surface area contributed by atoms with Crippen molar-refractivity contribution < 1.29 is 4.79 Å². The number of pyridine rings is 1. The van der Waals surface area contributed by atoms with Gasteiger partial charge in [-0.25, -0.2) is 0 Å². The van der Waals surface area contributed by atoms with E-state index in [1.54, 1.807) is 0 Å². The van der Waals surface area contributed by atoms with Crippen LogP contribution in [0.15, 0.2) is 34.9 Å². The van der Waals surface area contributed by atoms with E-state index in [9.17, 15) is 4.79 Å². The number of rotatable bonds is 3. The van der Waals surface area contributed by atoms with E-state index < -0.39 is 0 Å². The van der Waals surface area contributed by atoms with Gasteiger partial charge < -0.3 is 10.6 Å². The van der Waals surface area contributed by atoms with Crippen LogP contribution in [-0.2, 0) is 4.79 Å². The Hall–Kier alpha value is -1.62. The predicted molar refractivity (Wildman–Crippen MR) is 88.2 cm³/mol. The highest BCUT2D eigenvalue weighted by molar-refractivity contribution is 9.10. The van der Waals surface area contributed by atoms with E-state index in [0.717, 1.165) is 41.3 Å². The van der Waals surface area contributed by atoms with Crippen LogP contribution in [0.4, 0.5) is 5.69 Å². The average Bonchev–Trinajstić information content (AvgIpc) is 2.46. The number of nitrogens with two attached hydrogens (primary N) is 1. The Bertz CT molecular complexity index is 674. The van der Waals surface area contributed by atoms with Crippen molar-refractivity contribution in [3.05, 3.63) is 34.9 Å². The summed E-state index contributed by atoms with van der Waals surface area (Å²) in [6.07, 6.45) is 4.50. The quantitative estimate of drug-likeness (QED) is 0.927. The van der Waals surface area contributed by atoms with Crippen molar-refractivity contribution in [3.63, 3.8) is 0 Å². The van der Waals surface area contributed by atoms with Gasteiger partial charge in [0.2, 0.25) is 5.91 Å². The van der Waals surface area contributed by atoms with Crippen LogP contribution in [0.1, 0.15) is 19.3 Å². The number of hydrogen-bond donors (Lipinski definition) is 1. The Morgan fingerprint density at radius 1 is 1.43 bits per heavy atom. The Morgan fingerprint density at radius 2 is 2.29 bits per heavy atom. The van der Waals surface area contributed by atoms with Crippen LogP contribution in [0.25, 0.3) is 10.9 Å². The summed E-state index contributed by atoms with van der Waals surface area (Å²) in [6.45, 7) is 1.91. The van der Waals surface area contributed by atoms with Crippen molar-refractivity contribution in [3.8, 4) is 0 Å². The fourth-order valence-electron chi connectivity index (χ4n) is 3.12. The molecule has 0 aliphatic carbocycles. The number of carbonyl (C=O) groups excluding carboxylic acids is 1. The summed E-state index contributed by atoms with van der Waals surface area (Å²) in [5.74, 6) is 0.153. The molecule has 1 atom stereocenters. The molecule has 2 aromatic rings. The molecular weight excluding hydrogens is 330 g/mol. The normalized spacial score (nSPS) is 18.9. The first-order valence-corrected chi connectivity index (χ1v) is 8.00. The number of hydrogen-bond acceptors (Lipinski definition) is 3. The van der Waals surface area contributed by atoms with E-state index in [1.807, 2.05) is 18.3 Å². The molecule has 110 valence electrons. The number of benzene rings is 1. The molecule has 1 saturated heterocycles.